The van der Waals surface area contributed by atoms with Crippen LogP contribution in [-0.4, -0.2) is 13.6 Å². The van der Waals surface area contributed by atoms with Gasteiger partial charge in [0.15, 0.2) is 15.6 Å². The maximum atomic E-state index is 11.9. The van der Waals surface area contributed by atoms with E-state index in [0.29, 0.717) is 15.8 Å². The lowest BCUT2D eigenvalue weighted by atomic mass is 10.4. The van der Waals surface area contributed by atoms with Crippen LogP contribution in [0.5, 0.6) is 0 Å². The molecule has 0 amide bonds. The van der Waals surface area contributed by atoms with Crippen molar-refractivity contribution in [3.63, 3.8) is 0 Å². The molecule has 0 fully saturated rings. The first kappa shape index (κ1) is 12.6. The normalized spacial score (nSPS) is 11.9. The van der Waals surface area contributed by atoms with Crippen molar-refractivity contribution < 1.29 is 12.9 Å². The monoisotopic (exact) mass is 291 g/mol. The summed E-state index contributed by atoms with van der Waals surface area (Å²) in [4.78, 5) is 0.728. The lowest BCUT2D eigenvalue weighted by molar-refractivity contribution is 0.388. The van der Waals surface area contributed by atoms with E-state index in [1.54, 1.807) is 25.1 Å². The molecule has 0 aliphatic rings. The second-order valence-corrected chi connectivity index (χ2v) is 7.54. The van der Waals surface area contributed by atoms with Gasteiger partial charge in [-0.2, -0.15) is 0 Å². The number of rotatable bonds is 4. The van der Waals surface area contributed by atoms with Crippen molar-refractivity contribution in [2.45, 2.75) is 18.4 Å². The predicted molar refractivity (Wildman–Crippen MR) is 66.9 cm³/mol. The number of aryl methyl sites for hydroxylation is 1. The Morgan fingerprint density at radius 3 is 2.71 bits per heavy atom. The van der Waals surface area contributed by atoms with Crippen molar-refractivity contribution in [3.05, 3.63) is 38.9 Å². The highest BCUT2D eigenvalue weighted by atomic mass is 35.5. The molecule has 0 radical (unpaired) electrons. The van der Waals surface area contributed by atoms with Crippen LogP contribution in [0.15, 0.2) is 22.7 Å². The van der Waals surface area contributed by atoms with Gasteiger partial charge in [0.25, 0.3) is 0 Å². The summed E-state index contributed by atoms with van der Waals surface area (Å²) in [6, 6.07) is 5.03. The second-order valence-electron chi connectivity index (χ2n) is 3.67. The molecule has 0 aliphatic carbocycles. The zero-order chi connectivity index (χ0) is 12.5. The molecular weight excluding hydrogens is 282 g/mol. The Balaban J connectivity index is 2.09. The first-order valence-electron chi connectivity index (χ1n) is 4.81. The molecule has 0 aromatic carbocycles. The minimum absolute atomic E-state index is 0.0237. The number of hydrogen-bond acceptors (Lipinski definition) is 5. The summed E-state index contributed by atoms with van der Waals surface area (Å²) in [6.07, 6.45) is 0. The molecule has 2 rings (SSSR count). The Labute approximate surface area is 108 Å². The highest BCUT2D eigenvalue weighted by Crippen LogP contribution is 2.24. The Kier molecular flexibility index (Phi) is 3.56. The lowest BCUT2D eigenvalue weighted by Gasteiger charge is -1.98. The second kappa shape index (κ2) is 4.80. The maximum Gasteiger partial charge on any atom is 0.162 e. The van der Waals surface area contributed by atoms with Crippen molar-refractivity contribution in [3.8, 4) is 0 Å². The smallest absolute Gasteiger partial charge is 0.162 e. The number of sulfone groups is 1. The summed E-state index contributed by atoms with van der Waals surface area (Å²) in [5, 5.41) is 3.65. The van der Waals surface area contributed by atoms with E-state index in [4.69, 9.17) is 16.1 Å². The number of halogens is 1. The Morgan fingerprint density at radius 1 is 1.41 bits per heavy atom. The van der Waals surface area contributed by atoms with Crippen molar-refractivity contribution in [2.75, 3.05) is 0 Å². The van der Waals surface area contributed by atoms with Gasteiger partial charge in [-0.1, -0.05) is 16.8 Å². The van der Waals surface area contributed by atoms with Crippen LogP contribution in [0.2, 0.25) is 4.34 Å². The van der Waals surface area contributed by atoms with Crippen LogP contribution in [0.25, 0.3) is 0 Å². The topological polar surface area (TPSA) is 60.2 Å². The largest absolute Gasteiger partial charge is 0.360 e. The molecule has 2 aromatic rings. The number of hydrogen-bond donors (Lipinski definition) is 0. The summed E-state index contributed by atoms with van der Waals surface area (Å²) in [6.45, 7) is 1.75. The van der Waals surface area contributed by atoms with Crippen LogP contribution in [0.3, 0.4) is 0 Å². The zero-order valence-electron chi connectivity index (χ0n) is 9.01. The molecule has 0 saturated carbocycles. The molecule has 17 heavy (non-hydrogen) atoms. The van der Waals surface area contributed by atoms with Crippen LogP contribution in [0.4, 0.5) is 0 Å². The Hall–Kier alpha value is -0.850. The third kappa shape index (κ3) is 3.55. The fourth-order valence-electron chi connectivity index (χ4n) is 1.40. The minimum atomic E-state index is -3.24. The molecule has 0 atom stereocenters. The third-order valence-electron chi connectivity index (χ3n) is 2.03. The van der Waals surface area contributed by atoms with Gasteiger partial charge >= 0.3 is 0 Å². The van der Waals surface area contributed by atoms with E-state index >= 15 is 0 Å². The minimum Gasteiger partial charge on any atom is -0.360 e. The average molecular weight is 292 g/mol. The molecule has 2 heterocycles. The van der Waals surface area contributed by atoms with E-state index in [1.807, 2.05) is 0 Å². The van der Waals surface area contributed by atoms with Crippen LogP contribution in [0, 0.1) is 6.92 Å². The van der Waals surface area contributed by atoms with Crippen molar-refractivity contribution in [1.82, 2.24) is 5.16 Å². The average Bonchev–Trinajstić information content (AvgIpc) is 2.74. The quantitative estimate of drug-likeness (QED) is 0.869. The SMILES string of the molecule is Cc1cc(CS(=O)(=O)Cc2ccc(Cl)s2)on1. The molecule has 0 saturated heterocycles. The van der Waals surface area contributed by atoms with Crippen molar-refractivity contribution in [1.29, 1.82) is 0 Å². The van der Waals surface area contributed by atoms with E-state index in [-0.39, 0.29) is 11.5 Å². The van der Waals surface area contributed by atoms with Crippen molar-refractivity contribution >= 4 is 32.8 Å². The summed E-state index contributed by atoms with van der Waals surface area (Å²) in [5.41, 5.74) is 0.675. The van der Waals surface area contributed by atoms with E-state index in [2.05, 4.69) is 5.16 Å². The van der Waals surface area contributed by atoms with Gasteiger partial charge in [-0.25, -0.2) is 8.42 Å². The summed E-state index contributed by atoms with van der Waals surface area (Å²) >= 11 is 7.02. The predicted octanol–water partition coefficient (Wildman–Crippen LogP) is 2.81. The standard InChI is InChI=1S/C10H10ClNO3S2/c1-7-4-8(15-12-7)5-17(13,14)6-9-2-3-10(11)16-9/h2-4H,5-6H2,1H3. The molecular formula is C10H10ClNO3S2. The Morgan fingerprint density at radius 2 is 2.18 bits per heavy atom. The zero-order valence-corrected chi connectivity index (χ0v) is 11.4. The first-order chi connectivity index (χ1) is 7.94. The molecule has 0 N–H and O–H groups in total. The molecule has 2 aromatic heterocycles. The molecule has 0 bridgehead atoms. The van der Waals surface area contributed by atoms with Crippen LogP contribution in [0.1, 0.15) is 16.3 Å². The van der Waals surface area contributed by atoms with E-state index in [0.717, 1.165) is 4.88 Å². The van der Waals surface area contributed by atoms with Crippen LogP contribution in [-0.2, 0) is 21.3 Å². The Bertz CT molecular complexity index is 567. The molecule has 4 nitrogen and oxygen atoms in total. The van der Waals surface area contributed by atoms with Gasteiger partial charge in [0.2, 0.25) is 0 Å². The van der Waals surface area contributed by atoms with Gasteiger partial charge in [-0.15, -0.1) is 11.3 Å². The van der Waals surface area contributed by atoms with Crippen LogP contribution < -0.4 is 0 Å². The molecule has 92 valence electrons. The summed E-state index contributed by atoms with van der Waals surface area (Å²) in [7, 11) is -3.24. The fourth-order valence-corrected chi connectivity index (χ4v) is 4.26. The number of aromatic nitrogens is 1. The van der Waals surface area contributed by atoms with Gasteiger partial charge in [0.05, 0.1) is 15.8 Å². The van der Waals surface area contributed by atoms with Gasteiger partial charge in [0.1, 0.15) is 5.75 Å². The summed E-state index contributed by atoms with van der Waals surface area (Å²) in [5.74, 6) is 0.207. The maximum absolute atomic E-state index is 11.9. The molecule has 0 aliphatic heterocycles. The first-order valence-corrected chi connectivity index (χ1v) is 7.83. The van der Waals surface area contributed by atoms with E-state index in [1.165, 1.54) is 11.3 Å². The summed E-state index contributed by atoms with van der Waals surface area (Å²) < 4.78 is 29.2. The van der Waals surface area contributed by atoms with Gasteiger partial charge in [0, 0.05) is 10.9 Å². The molecule has 7 heteroatoms. The van der Waals surface area contributed by atoms with Crippen LogP contribution >= 0.6 is 22.9 Å². The number of nitrogens with zero attached hydrogens (tertiary/aromatic N) is 1. The lowest BCUT2D eigenvalue weighted by Crippen LogP contribution is -2.05. The molecule has 0 unspecified atom stereocenters. The van der Waals surface area contributed by atoms with E-state index in [9.17, 15) is 8.42 Å². The van der Waals surface area contributed by atoms with Gasteiger partial charge in [-0.3, -0.25) is 0 Å². The van der Waals surface area contributed by atoms with Gasteiger partial charge in [-0.05, 0) is 19.1 Å². The third-order valence-corrected chi connectivity index (χ3v) is 4.92. The fraction of sp³-hybridized carbons (Fsp3) is 0.300. The molecule has 0 spiro atoms. The van der Waals surface area contributed by atoms with E-state index < -0.39 is 9.84 Å². The highest BCUT2D eigenvalue weighted by molar-refractivity contribution is 7.90. The van der Waals surface area contributed by atoms with Crippen molar-refractivity contribution in [2.24, 2.45) is 0 Å². The number of thiophene rings is 1. The van der Waals surface area contributed by atoms with Gasteiger partial charge < -0.3 is 4.52 Å². The highest BCUT2D eigenvalue weighted by Gasteiger charge is 2.17.